The fourth-order valence-corrected chi connectivity index (χ4v) is 3.60. The smallest absolute Gasteiger partial charge is 0.236 e. The Kier molecular flexibility index (Phi) is 4.71. The summed E-state index contributed by atoms with van der Waals surface area (Å²) in [6, 6.07) is 12.4. The zero-order valence-corrected chi connectivity index (χ0v) is 14.7. The molecule has 0 bridgehead atoms. The lowest BCUT2D eigenvalue weighted by molar-refractivity contribution is 0.443. The van der Waals surface area contributed by atoms with Crippen molar-refractivity contribution >= 4 is 15.7 Å². The Morgan fingerprint density at radius 1 is 1.09 bits per heavy atom. The van der Waals surface area contributed by atoms with Crippen molar-refractivity contribution in [2.24, 2.45) is 0 Å². The third kappa shape index (κ3) is 4.48. The molecule has 0 aliphatic heterocycles. The molecule has 0 saturated carbocycles. The van der Waals surface area contributed by atoms with Crippen LogP contribution in [0.4, 0.5) is 5.69 Å². The number of hydrogen-bond acceptors (Lipinski definition) is 3. The first kappa shape index (κ1) is 17.3. The van der Waals surface area contributed by atoms with Gasteiger partial charge in [-0.15, -0.1) is 0 Å². The Hall–Kier alpha value is -2.01. The molecule has 5 heteroatoms. The van der Waals surface area contributed by atoms with Crippen LogP contribution in [0.3, 0.4) is 0 Å². The maximum atomic E-state index is 12.4. The van der Waals surface area contributed by atoms with Crippen LogP contribution >= 0.6 is 0 Å². The molecule has 2 rings (SSSR count). The Morgan fingerprint density at radius 3 is 2.26 bits per heavy atom. The van der Waals surface area contributed by atoms with Gasteiger partial charge in [0.2, 0.25) is 10.0 Å². The number of phenolic OH excluding ortho intramolecular Hbond substituents is 1. The number of aryl methyl sites for hydroxylation is 1. The third-order valence-electron chi connectivity index (χ3n) is 3.58. The van der Waals surface area contributed by atoms with Crippen molar-refractivity contribution in [2.75, 3.05) is 4.72 Å². The third-order valence-corrected chi connectivity index (χ3v) is 4.84. The molecule has 0 unspecified atom stereocenters. The Balaban J connectivity index is 2.31. The first-order chi connectivity index (χ1) is 10.6. The molecule has 0 amide bonds. The van der Waals surface area contributed by atoms with Gasteiger partial charge in [-0.2, -0.15) is 0 Å². The first-order valence-electron chi connectivity index (χ1n) is 7.47. The average molecular weight is 333 g/mol. The standard InChI is InChI=1S/C18H23NO3S/c1-13-10-15(11-16(17(13)20)18(2,3)4)19-23(21,22)12-14-8-6-5-7-9-14/h5-11,19-20H,12H2,1-4H3. The first-order valence-corrected chi connectivity index (χ1v) is 9.12. The highest BCUT2D eigenvalue weighted by atomic mass is 32.2. The molecule has 0 saturated heterocycles. The largest absolute Gasteiger partial charge is 0.507 e. The number of rotatable bonds is 4. The van der Waals surface area contributed by atoms with Crippen molar-refractivity contribution in [1.82, 2.24) is 0 Å². The Labute approximate surface area is 138 Å². The molecular weight excluding hydrogens is 310 g/mol. The van der Waals surface area contributed by atoms with E-state index in [9.17, 15) is 13.5 Å². The number of anilines is 1. The number of sulfonamides is 1. The minimum atomic E-state index is -3.51. The summed E-state index contributed by atoms with van der Waals surface area (Å²) in [7, 11) is -3.51. The molecule has 0 radical (unpaired) electrons. The highest BCUT2D eigenvalue weighted by Gasteiger charge is 2.21. The van der Waals surface area contributed by atoms with Crippen LogP contribution in [-0.2, 0) is 21.2 Å². The molecule has 4 nitrogen and oxygen atoms in total. The Morgan fingerprint density at radius 2 is 1.70 bits per heavy atom. The van der Waals surface area contributed by atoms with E-state index in [0.717, 1.165) is 11.1 Å². The van der Waals surface area contributed by atoms with Gasteiger partial charge in [-0.25, -0.2) is 8.42 Å². The number of benzene rings is 2. The molecule has 0 atom stereocenters. The molecule has 0 aromatic heterocycles. The summed E-state index contributed by atoms with van der Waals surface area (Å²) >= 11 is 0. The van der Waals surface area contributed by atoms with Gasteiger partial charge < -0.3 is 5.11 Å². The maximum absolute atomic E-state index is 12.4. The second kappa shape index (κ2) is 6.24. The van der Waals surface area contributed by atoms with Crippen LogP contribution in [0, 0.1) is 6.92 Å². The van der Waals surface area contributed by atoms with Gasteiger partial charge in [-0.1, -0.05) is 51.1 Å². The fraction of sp³-hybridized carbons (Fsp3) is 0.333. The maximum Gasteiger partial charge on any atom is 0.236 e. The molecule has 0 spiro atoms. The van der Waals surface area contributed by atoms with Gasteiger partial charge in [0.15, 0.2) is 0 Å². The van der Waals surface area contributed by atoms with Gasteiger partial charge in [0.05, 0.1) is 5.75 Å². The Bertz CT molecular complexity index is 791. The van der Waals surface area contributed by atoms with E-state index in [2.05, 4.69) is 4.72 Å². The van der Waals surface area contributed by atoms with Crippen molar-refractivity contribution in [1.29, 1.82) is 0 Å². The highest BCUT2D eigenvalue weighted by Crippen LogP contribution is 2.35. The number of hydrogen-bond donors (Lipinski definition) is 2. The highest BCUT2D eigenvalue weighted by molar-refractivity contribution is 7.91. The predicted molar refractivity (Wildman–Crippen MR) is 94.2 cm³/mol. The van der Waals surface area contributed by atoms with Crippen LogP contribution < -0.4 is 4.72 Å². The molecule has 0 aliphatic rings. The minimum absolute atomic E-state index is 0.0847. The van der Waals surface area contributed by atoms with Crippen molar-refractivity contribution in [2.45, 2.75) is 38.9 Å². The van der Waals surface area contributed by atoms with Gasteiger partial charge in [-0.05, 0) is 35.6 Å². The zero-order chi connectivity index (χ0) is 17.3. The number of phenols is 1. The molecule has 2 aromatic carbocycles. The fourth-order valence-electron chi connectivity index (χ4n) is 2.42. The summed E-state index contributed by atoms with van der Waals surface area (Å²) in [5, 5.41) is 10.2. The normalized spacial score (nSPS) is 12.2. The van der Waals surface area contributed by atoms with Crippen LogP contribution in [0.15, 0.2) is 42.5 Å². The summed E-state index contributed by atoms with van der Waals surface area (Å²) < 4.78 is 27.3. The SMILES string of the molecule is Cc1cc(NS(=O)(=O)Cc2ccccc2)cc(C(C)(C)C)c1O. The van der Waals surface area contributed by atoms with Crippen molar-refractivity contribution in [3.63, 3.8) is 0 Å². The van der Waals surface area contributed by atoms with E-state index >= 15 is 0 Å². The molecule has 23 heavy (non-hydrogen) atoms. The second-order valence-electron chi connectivity index (χ2n) is 6.79. The average Bonchev–Trinajstić information content (AvgIpc) is 2.41. The molecule has 124 valence electrons. The minimum Gasteiger partial charge on any atom is -0.507 e. The molecule has 2 aromatic rings. The van der Waals surface area contributed by atoms with Crippen LogP contribution in [0.5, 0.6) is 5.75 Å². The van der Waals surface area contributed by atoms with Crippen molar-refractivity contribution in [3.05, 3.63) is 59.2 Å². The monoisotopic (exact) mass is 333 g/mol. The van der Waals surface area contributed by atoms with E-state index < -0.39 is 10.0 Å². The van der Waals surface area contributed by atoms with Gasteiger partial charge in [0, 0.05) is 11.3 Å². The topological polar surface area (TPSA) is 66.4 Å². The number of aromatic hydroxyl groups is 1. The van der Waals surface area contributed by atoms with E-state index in [0.29, 0.717) is 11.3 Å². The molecule has 0 aliphatic carbocycles. The molecular formula is C18H23NO3S. The quantitative estimate of drug-likeness (QED) is 0.833. The summed E-state index contributed by atoms with van der Waals surface area (Å²) in [6.07, 6.45) is 0. The van der Waals surface area contributed by atoms with Crippen LogP contribution in [0.1, 0.15) is 37.5 Å². The van der Waals surface area contributed by atoms with E-state index in [1.165, 1.54) is 0 Å². The van der Waals surface area contributed by atoms with Gasteiger partial charge in [0.1, 0.15) is 5.75 Å². The molecule has 2 N–H and O–H groups in total. The van der Waals surface area contributed by atoms with Crippen LogP contribution in [-0.4, -0.2) is 13.5 Å². The molecule has 0 fully saturated rings. The van der Waals surface area contributed by atoms with Gasteiger partial charge in [-0.3, -0.25) is 4.72 Å². The lowest BCUT2D eigenvalue weighted by Crippen LogP contribution is -2.17. The van der Waals surface area contributed by atoms with E-state index in [1.54, 1.807) is 31.2 Å². The summed E-state index contributed by atoms with van der Waals surface area (Å²) in [4.78, 5) is 0. The number of nitrogens with one attached hydrogen (secondary N) is 1. The molecule has 0 heterocycles. The van der Waals surface area contributed by atoms with E-state index in [1.807, 2.05) is 39.0 Å². The predicted octanol–water partition coefficient (Wildman–Crippen LogP) is 3.94. The summed E-state index contributed by atoms with van der Waals surface area (Å²) in [5.74, 6) is 0.127. The van der Waals surface area contributed by atoms with E-state index in [-0.39, 0.29) is 16.9 Å². The second-order valence-corrected chi connectivity index (χ2v) is 8.51. The van der Waals surface area contributed by atoms with Gasteiger partial charge in [0.25, 0.3) is 0 Å². The van der Waals surface area contributed by atoms with Crippen LogP contribution in [0.2, 0.25) is 0 Å². The van der Waals surface area contributed by atoms with Crippen molar-refractivity contribution < 1.29 is 13.5 Å². The van der Waals surface area contributed by atoms with Crippen LogP contribution in [0.25, 0.3) is 0 Å². The summed E-state index contributed by atoms with van der Waals surface area (Å²) in [5.41, 5.74) is 2.29. The van der Waals surface area contributed by atoms with E-state index in [4.69, 9.17) is 0 Å². The van der Waals surface area contributed by atoms with Gasteiger partial charge >= 0.3 is 0 Å². The summed E-state index contributed by atoms with van der Waals surface area (Å²) in [6.45, 7) is 7.69. The lowest BCUT2D eigenvalue weighted by atomic mass is 9.85. The zero-order valence-electron chi connectivity index (χ0n) is 13.9. The van der Waals surface area contributed by atoms with Crippen molar-refractivity contribution in [3.8, 4) is 5.75 Å². The lowest BCUT2D eigenvalue weighted by Gasteiger charge is -2.23.